The number of fused-ring (bicyclic) bond motifs is 1. The van der Waals surface area contributed by atoms with Gasteiger partial charge in [-0.25, -0.2) is 0 Å². The summed E-state index contributed by atoms with van der Waals surface area (Å²) in [5, 5.41) is 2.92. The molecule has 1 N–H and O–H groups in total. The van der Waals surface area contributed by atoms with Crippen LogP contribution < -0.4 is 10.2 Å². The van der Waals surface area contributed by atoms with Crippen LogP contribution in [-0.4, -0.2) is 43.0 Å². The first-order valence-electron chi connectivity index (χ1n) is 12.9. The maximum Gasteiger partial charge on any atom is 0.393 e. The molecule has 1 unspecified atom stereocenters. The highest BCUT2D eigenvalue weighted by Crippen LogP contribution is 2.35. The quantitative estimate of drug-likeness (QED) is 0.347. The average Bonchev–Trinajstić information content (AvgIpc) is 2.91. The summed E-state index contributed by atoms with van der Waals surface area (Å²) in [6, 6.07) is 20.6. The number of alkyl halides is 3. The lowest BCUT2D eigenvalue weighted by Gasteiger charge is -2.34. The van der Waals surface area contributed by atoms with Crippen molar-refractivity contribution in [1.82, 2.24) is 4.90 Å². The minimum atomic E-state index is -4.21. The Bertz CT molecular complexity index is 1350. The number of carbonyl (C=O) groups excluding carboxylic acids is 2. The highest BCUT2D eigenvalue weighted by Gasteiger charge is 2.41. The van der Waals surface area contributed by atoms with E-state index in [1.165, 1.54) is 0 Å². The molecule has 0 radical (unpaired) electrons. The van der Waals surface area contributed by atoms with Gasteiger partial charge < -0.3 is 10.2 Å². The molecule has 1 atom stereocenters. The normalized spacial score (nSPS) is 17.8. The van der Waals surface area contributed by atoms with Crippen LogP contribution in [0.1, 0.15) is 40.7 Å². The van der Waals surface area contributed by atoms with Crippen molar-refractivity contribution in [2.75, 3.05) is 30.4 Å². The molecule has 0 aromatic heterocycles. The summed E-state index contributed by atoms with van der Waals surface area (Å²) >= 11 is 0. The fraction of sp³-hybridized carbons (Fsp3) is 0.333. The summed E-state index contributed by atoms with van der Waals surface area (Å²) in [6.07, 6.45) is -2.44. The molecule has 5 nitrogen and oxygen atoms in total. The third-order valence-electron chi connectivity index (χ3n) is 7.50. The van der Waals surface area contributed by atoms with E-state index in [0.29, 0.717) is 43.6 Å². The maximum atomic E-state index is 13.4. The monoisotopic (exact) mass is 601 g/mol. The predicted octanol–water partition coefficient (Wildman–Crippen LogP) is 6.87. The number of hydrogen-bond donors (Lipinski definition) is 1. The third kappa shape index (κ3) is 6.53. The van der Waals surface area contributed by atoms with Gasteiger partial charge in [0.2, 0.25) is 5.91 Å². The summed E-state index contributed by atoms with van der Waals surface area (Å²) in [5.41, 5.74) is 5.48. The van der Waals surface area contributed by atoms with Crippen LogP contribution >= 0.6 is 17.0 Å². The largest absolute Gasteiger partial charge is 0.393 e. The molecule has 39 heavy (non-hydrogen) atoms. The molecule has 5 rings (SSSR count). The Morgan fingerprint density at radius 1 is 1.03 bits per heavy atom. The minimum Gasteiger partial charge on any atom is -0.322 e. The molecule has 206 valence electrons. The number of anilines is 2. The van der Waals surface area contributed by atoms with Crippen LogP contribution in [0.3, 0.4) is 0 Å². The first kappa shape index (κ1) is 28.8. The first-order valence-corrected chi connectivity index (χ1v) is 12.9. The molecule has 9 heteroatoms. The molecular weight excluding hydrogens is 571 g/mol. The van der Waals surface area contributed by atoms with Crippen molar-refractivity contribution in [3.8, 4) is 11.1 Å². The fourth-order valence-electron chi connectivity index (χ4n) is 5.38. The number of rotatable bonds is 5. The average molecular weight is 602 g/mol. The summed E-state index contributed by atoms with van der Waals surface area (Å²) < 4.78 is 40.3. The fourth-order valence-corrected chi connectivity index (χ4v) is 5.38. The lowest BCUT2D eigenvalue weighted by atomic mass is 9.94. The zero-order valence-corrected chi connectivity index (χ0v) is 23.3. The van der Waals surface area contributed by atoms with Gasteiger partial charge in [0.15, 0.2) is 0 Å². The molecule has 2 aliphatic rings. The van der Waals surface area contributed by atoms with Gasteiger partial charge in [0.25, 0.3) is 5.91 Å². The standard InChI is InChI=1S/C30H30F3N3O2.BrH/c1-35-27-17-25(12-9-21(27)11-14-28(35)37)34-29(38)22-10-13-26(20-6-3-2-4-7-20)23(16-22)18-36-15-5-8-24(19-36)30(31,32)33;/h2-4,6-7,9-10,12-13,16-17,24H,5,8,11,14-15,18-19H2,1H3,(H,34,38);1H. The number of amides is 2. The van der Waals surface area contributed by atoms with Crippen LogP contribution in [0.15, 0.2) is 66.7 Å². The SMILES string of the molecule is Br.CN1C(=O)CCc2ccc(NC(=O)c3ccc(-c4ccccc4)c(CN4CCCC(C(F)(F)F)C4)c3)cc21. The Labute approximate surface area is 236 Å². The van der Waals surface area contributed by atoms with Crippen molar-refractivity contribution in [3.05, 3.63) is 83.4 Å². The predicted molar refractivity (Wildman–Crippen MR) is 152 cm³/mol. The van der Waals surface area contributed by atoms with Crippen molar-refractivity contribution in [2.24, 2.45) is 5.92 Å². The van der Waals surface area contributed by atoms with Crippen LogP contribution in [0.4, 0.5) is 24.5 Å². The van der Waals surface area contributed by atoms with Gasteiger partial charge in [-0.3, -0.25) is 14.5 Å². The van der Waals surface area contributed by atoms with E-state index >= 15 is 0 Å². The summed E-state index contributed by atoms with van der Waals surface area (Å²) in [5.74, 6) is -1.62. The number of nitrogens with one attached hydrogen (secondary N) is 1. The van der Waals surface area contributed by atoms with E-state index in [0.717, 1.165) is 27.9 Å². The van der Waals surface area contributed by atoms with Crippen LogP contribution in [0.5, 0.6) is 0 Å². The molecule has 3 aromatic rings. The summed E-state index contributed by atoms with van der Waals surface area (Å²) in [4.78, 5) is 28.8. The molecule has 1 saturated heterocycles. The number of benzene rings is 3. The lowest BCUT2D eigenvalue weighted by molar-refractivity contribution is -0.187. The van der Waals surface area contributed by atoms with Crippen molar-refractivity contribution in [1.29, 1.82) is 0 Å². The summed E-state index contributed by atoms with van der Waals surface area (Å²) in [7, 11) is 1.73. The van der Waals surface area contributed by atoms with Crippen molar-refractivity contribution in [3.63, 3.8) is 0 Å². The van der Waals surface area contributed by atoms with Gasteiger partial charge in [-0.1, -0.05) is 42.5 Å². The molecule has 2 aliphatic heterocycles. The van der Waals surface area contributed by atoms with Crippen LogP contribution in [0, 0.1) is 5.92 Å². The molecular formula is C30H31BrF3N3O2. The van der Waals surface area contributed by atoms with Crippen LogP contribution in [0.2, 0.25) is 0 Å². The Hall–Kier alpha value is -3.17. The van der Waals surface area contributed by atoms with Crippen LogP contribution in [-0.2, 0) is 17.8 Å². The number of halogens is 4. The highest BCUT2D eigenvalue weighted by molar-refractivity contribution is 8.93. The molecule has 3 aromatic carbocycles. The summed E-state index contributed by atoms with van der Waals surface area (Å²) in [6.45, 7) is 0.859. The molecule has 0 spiro atoms. The smallest absolute Gasteiger partial charge is 0.322 e. The highest BCUT2D eigenvalue weighted by atomic mass is 79.9. The number of nitrogens with zero attached hydrogens (tertiary/aromatic N) is 2. The molecule has 0 aliphatic carbocycles. The van der Waals surface area contributed by atoms with Crippen molar-refractivity contribution in [2.45, 2.75) is 38.4 Å². The second kappa shape index (κ2) is 11.9. The Morgan fingerprint density at radius 2 is 1.79 bits per heavy atom. The van der Waals surface area contributed by atoms with E-state index < -0.39 is 12.1 Å². The van der Waals surface area contributed by atoms with E-state index in [-0.39, 0.29) is 41.8 Å². The molecule has 1 fully saturated rings. The number of piperidine rings is 1. The molecule has 0 saturated carbocycles. The molecule has 0 bridgehead atoms. The zero-order valence-electron chi connectivity index (χ0n) is 21.6. The second-order valence-electron chi connectivity index (χ2n) is 10.1. The number of hydrogen-bond acceptors (Lipinski definition) is 3. The van der Waals surface area contributed by atoms with Gasteiger partial charge >= 0.3 is 6.18 Å². The van der Waals surface area contributed by atoms with Gasteiger partial charge in [-0.15, -0.1) is 17.0 Å². The van der Waals surface area contributed by atoms with E-state index in [2.05, 4.69) is 5.32 Å². The van der Waals surface area contributed by atoms with E-state index in [1.54, 1.807) is 30.1 Å². The van der Waals surface area contributed by atoms with Gasteiger partial charge in [0.1, 0.15) is 0 Å². The second-order valence-corrected chi connectivity index (χ2v) is 10.1. The van der Waals surface area contributed by atoms with Crippen LogP contribution in [0.25, 0.3) is 11.1 Å². The number of aryl methyl sites for hydroxylation is 1. The molecule has 2 heterocycles. The molecule has 2 amide bonds. The lowest BCUT2D eigenvalue weighted by Crippen LogP contribution is -2.41. The maximum absolute atomic E-state index is 13.4. The van der Waals surface area contributed by atoms with E-state index in [4.69, 9.17) is 0 Å². The van der Waals surface area contributed by atoms with Crippen molar-refractivity contribution >= 4 is 40.2 Å². The topological polar surface area (TPSA) is 52.7 Å². The van der Waals surface area contributed by atoms with Gasteiger partial charge in [-0.2, -0.15) is 13.2 Å². The zero-order chi connectivity index (χ0) is 26.9. The van der Waals surface area contributed by atoms with E-state index in [9.17, 15) is 22.8 Å². The first-order chi connectivity index (χ1) is 18.2. The number of likely N-dealkylation sites (tertiary alicyclic amines) is 1. The van der Waals surface area contributed by atoms with Crippen molar-refractivity contribution < 1.29 is 22.8 Å². The van der Waals surface area contributed by atoms with Gasteiger partial charge in [0.05, 0.1) is 5.92 Å². The minimum absolute atomic E-state index is 0. The van der Waals surface area contributed by atoms with Gasteiger partial charge in [0, 0.05) is 43.5 Å². The Morgan fingerprint density at radius 3 is 2.54 bits per heavy atom. The Kier molecular flexibility index (Phi) is 8.81. The Balaban J connectivity index is 0.00000353. The van der Waals surface area contributed by atoms with Gasteiger partial charge in [-0.05, 0) is 72.3 Å². The third-order valence-corrected chi connectivity index (χ3v) is 7.50. The number of carbonyl (C=O) groups is 2. The van der Waals surface area contributed by atoms with E-state index in [1.807, 2.05) is 53.4 Å².